The summed E-state index contributed by atoms with van der Waals surface area (Å²) in [7, 11) is -3.74. The van der Waals surface area contributed by atoms with Crippen LogP contribution in [0.5, 0.6) is 0 Å². The van der Waals surface area contributed by atoms with Crippen molar-refractivity contribution >= 4 is 33.2 Å². The first-order valence-electron chi connectivity index (χ1n) is 7.20. The Labute approximate surface area is 140 Å². The number of ether oxygens (including phenoxy) is 2. The molecule has 0 saturated carbocycles. The van der Waals surface area contributed by atoms with Gasteiger partial charge >= 0.3 is 0 Å². The van der Waals surface area contributed by atoms with Crippen LogP contribution >= 0.6 is 23.2 Å². The average molecular weight is 366 g/mol. The van der Waals surface area contributed by atoms with Crippen molar-refractivity contribution in [1.82, 2.24) is 4.31 Å². The Morgan fingerprint density at radius 2 is 1.86 bits per heavy atom. The lowest BCUT2D eigenvalue weighted by Crippen LogP contribution is -2.50. The zero-order valence-electron chi connectivity index (χ0n) is 11.9. The van der Waals surface area contributed by atoms with E-state index in [4.69, 9.17) is 32.7 Å². The van der Waals surface area contributed by atoms with Crippen LogP contribution in [0, 0.1) is 0 Å². The minimum Gasteiger partial charge on any atom is -0.349 e. The smallest absolute Gasteiger partial charge is 0.245 e. The highest BCUT2D eigenvalue weighted by molar-refractivity contribution is 7.89. The van der Waals surface area contributed by atoms with Crippen LogP contribution in [0.15, 0.2) is 23.1 Å². The minimum absolute atomic E-state index is 0.0339. The molecule has 0 N–H and O–H groups in total. The number of piperidine rings is 1. The SMILES string of the molecule is O=S(=O)(c1cc(Cl)ccc1Cl)N1CCCC[C@H]1C1OCCO1. The molecule has 22 heavy (non-hydrogen) atoms. The van der Waals surface area contributed by atoms with E-state index in [0.29, 0.717) is 31.2 Å². The van der Waals surface area contributed by atoms with Gasteiger partial charge in [-0.1, -0.05) is 29.6 Å². The number of rotatable bonds is 3. The molecular weight excluding hydrogens is 349 g/mol. The molecule has 0 radical (unpaired) electrons. The fourth-order valence-corrected chi connectivity index (χ4v) is 5.32. The van der Waals surface area contributed by atoms with Gasteiger partial charge in [0.15, 0.2) is 6.29 Å². The Morgan fingerprint density at radius 3 is 2.59 bits per heavy atom. The van der Waals surface area contributed by atoms with Gasteiger partial charge in [-0.05, 0) is 31.0 Å². The predicted octanol–water partition coefficient (Wildman–Crippen LogP) is 2.91. The summed E-state index contributed by atoms with van der Waals surface area (Å²) >= 11 is 12.0. The van der Waals surface area contributed by atoms with E-state index in [-0.39, 0.29) is 16.0 Å². The maximum Gasteiger partial charge on any atom is 0.245 e. The Hall–Kier alpha value is -0.370. The summed E-state index contributed by atoms with van der Waals surface area (Å²) in [6.07, 6.45) is 1.96. The Balaban J connectivity index is 1.96. The van der Waals surface area contributed by atoms with E-state index in [2.05, 4.69) is 0 Å². The second-order valence-electron chi connectivity index (χ2n) is 5.36. The van der Waals surface area contributed by atoms with Crippen molar-refractivity contribution in [3.8, 4) is 0 Å². The zero-order valence-corrected chi connectivity index (χ0v) is 14.2. The van der Waals surface area contributed by atoms with Gasteiger partial charge in [0.2, 0.25) is 10.0 Å². The zero-order chi connectivity index (χ0) is 15.7. The van der Waals surface area contributed by atoms with Crippen LogP contribution in [0.2, 0.25) is 10.0 Å². The summed E-state index contributed by atoms with van der Waals surface area (Å²) in [5.74, 6) is 0. The lowest BCUT2D eigenvalue weighted by atomic mass is 10.0. The van der Waals surface area contributed by atoms with E-state index in [1.807, 2.05) is 0 Å². The molecule has 0 aliphatic carbocycles. The first kappa shape index (κ1) is 16.5. The summed E-state index contributed by atoms with van der Waals surface area (Å²) in [6.45, 7) is 1.42. The fraction of sp³-hybridized carbons (Fsp3) is 0.571. The van der Waals surface area contributed by atoms with E-state index >= 15 is 0 Å². The van der Waals surface area contributed by atoms with Gasteiger partial charge in [0.25, 0.3) is 0 Å². The predicted molar refractivity (Wildman–Crippen MR) is 83.7 cm³/mol. The van der Waals surface area contributed by atoms with Crippen LogP contribution in [0.1, 0.15) is 19.3 Å². The summed E-state index contributed by atoms with van der Waals surface area (Å²) in [5, 5.41) is 0.506. The number of hydrogen-bond acceptors (Lipinski definition) is 4. The highest BCUT2D eigenvalue weighted by atomic mass is 35.5. The van der Waals surface area contributed by atoms with Crippen molar-refractivity contribution in [1.29, 1.82) is 0 Å². The van der Waals surface area contributed by atoms with E-state index in [9.17, 15) is 8.42 Å². The summed E-state index contributed by atoms with van der Waals surface area (Å²) in [5.41, 5.74) is 0. The molecule has 2 fully saturated rings. The van der Waals surface area contributed by atoms with Gasteiger partial charge in [-0.25, -0.2) is 8.42 Å². The third-order valence-corrected chi connectivity index (χ3v) is 6.58. The van der Waals surface area contributed by atoms with Gasteiger partial charge in [0, 0.05) is 11.6 Å². The monoisotopic (exact) mass is 365 g/mol. The molecule has 0 bridgehead atoms. The minimum atomic E-state index is -3.74. The average Bonchev–Trinajstić information content (AvgIpc) is 3.04. The van der Waals surface area contributed by atoms with Crippen LogP contribution in [-0.4, -0.2) is 44.8 Å². The Kier molecular flexibility index (Phi) is 4.97. The quantitative estimate of drug-likeness (QED) is 0.826. The van der Waals surface area contributed by atoms with Crippen molar-refractivity contribution in [3.63, 3.8) is 0 Å². The molecular formula is C14H17Cl2NO4S. The van der Waals surface area contributed by atoms with Crippen molar-refractivity contribution in [2.24, 2.45) is 0 Å². The molecule has 0 spiro atoms. The molecule has 0 amide bonds. The first-order valence-corrected chi connectivity index (χ1v) is 9.40. The maximum absolute atomic E-state index is 13.0. The van der Waals surface area contributed by atoms with Crippen molar-refractivity contribution in [2.75, 3.05) is 19.8 Å². The summed E-state index contributed by atoms with van der Waals surface area (Å²) in [6, 6.07) is 4.13. The molecule has 1 aromatic carbocycles. The van der Waals surface area contributed by atoms with E-state index < -0.39 is 16.3 Å². The molecule has 2 aliphatic heterocycles. The van der Waals surface area contributed by atoms with E-state index in [0.717, 1.165) is 12.8 Å². The second kappa shape index (κ2) is 6.63. The fourth-order valence-electron chi connectivity index (χ4n) is 2.90. The molecule has 2 heterocycles. The van der Waals surface area contributed by atoms with Crippen LogP contribution in [0.3, 0.4) is 0 Å². The van der Waals surface area contributed by atoms with Gasteiger partial charge in [0.05, 0.1) is 24.3 Å². The molecule has 0 unspecified atom stereocenters. The number of hydrogen-bond donors (Lipinski definition) is 0. The van der Waals surface area contributed by atoms with Gasteiger partial charge in [-0.2, -0.15) is 4.31 Å². The standard InChI is InChI=1S/C14H17Cl2NO4S/c15-10-4-5-11(16)13(9-10)22(18,19)17-6-2-1-3-12(17)14-20-7-8-21-14/h4-5,9,12,14H,1-3,6-8H2/t12-/m0/s1. The van der Waals surface area contributed by atoms with Crippen LogP contribution in [0.25, 0.3) is 0 Å². The van der Waals surface area contributed by atoms with Crippen LogP contribution in [-0.2, 0) is 19.5 Å². The Morgan fingerprint density at radius 1 is 1.14 bits per heavy atom. The van der Waals surface area contributed by atoms with Crippen molar-refractivity contribution in [3.05, 3.63) is 28.2 Å². The molecule has 8 heteroatoms. The molecule has 2 saturated heterocycles. The third kappa shape index (κ3) is 3.13. The lowest BCUT2D eigenvalue weighted by molar-refractivity contribution is -0.0913. The molecule has 122 valence electrons. The number of benzene rings is 1. The number of nitrogens with zero attached hydrogens (tertiary/aromatic N) is 1. The maximum atomic E-state index is 13.0. The van der Waals surface area contributed by atoms with Crippen molar-refractivity contribution < 1.29 is 17.9 Å². The number of sulfonamides is 1. The summed E-state index contributed by atoms with van der Waals surface area (Å²) < 4.78 is 38.5. The van der Waals surface area contributed by atoms with Crippen LogP contribution < -0.4 is 0 Å². The molecule has 3 rings (SSSR count). The highest BCUT2D eigenvalue weighted by Crippen LogP contribution is 2.33. The van der Waals surface area contributed by atoms with Crippen molar-refractivity contribution in [2.45, 2.75) is 36.5 Å². The van der Waals surface area contributed by atoms with E-state index in [1.54, 1.807) is 6.07 Å². The highest BCUT2D eigenvalue weighted by Gasteiger charge is 2.41. The lowest BCUT2D eigenvalue weighted by Gasteiger charge is -2.37. The Bertz CT molecular complexity index is 646. The third-order valence-electron chi connectivity index (χ3n) is 3.94. The molecule has 0 aromatic heterocycles. The van der Waals surface area contributed by atoms with Crippen LogP contribution in [0.4, 0.5) is 0 Å². The van der Waals surface area contributed by atoms with Gasteiger partial charge in [-0.3, -0.25) is 0 Å². The topological polar surface area (TPSA) is 55.8 Å². The number of halogens is 2. The molecule has 2 aliphatic rings. The first-order chi connectivity index (χ1) is 10.5. The molecule has 5 nitrogen and oxygen atoms in total. The van der Waals surface area contributed by atoms with Gasteiger partial charge in [-0.15, -0.1) is 0 Å². The molecule has 1 aromatic rings. The van der Waals surface area contributed by atoms with Gasteiger partial charge < -0.3 is 9.47 Å². The summed E-state index contributed by atoms with van der Waals surface area (Å²) in [4.78, 5) is 0.0339. The van der Waals surface area contributed by atoms with Gasteiger partial charge in [0.1, 0.15) is 4.90 Å². The largest absolute Gasteiger partial charge is 0.349 e. The molecule has 1 atom stereocenters. The second-order valence-corrected chi connectivity index (χ2v) is 8.07. The van der Waals surface area contributed by atoms with E-state index in [1.165, 1.54) is 16.4 Å². The normalized spacial score (nSPS) is 24.7.